The zero-order chi connectivity index (χ0) is 20.4. The number of fused-ring (bicyclic) bond motifs is 1. The monoisotopic (exact) mass is 403 g/mol. The molecule has 0 radical (unpaired) electrons. The summed E-state index contributed by atoms with van der Waals surface area (Å²) < 4.78 is 28.3. The Kier molecular flexibility index (Phi) is 5.46. The zero-order valence-electron chi connectivity index (χ0n) is 15.8. The van der Waals surface area contributed by atoms with Crippen LogP contribution in [0.4, 0.5) is 13.6 Å². The van der Waals surface area contributed by atoms with E-state index in [9.17, 15) is 13.6 Å². The molecule has 2 N–H and O–H groups in total. The summed E-state index contributed by atoms with van der Waals surface area (Å²) >= 11 is 0. The number of halogens is 2. The summed E-state index contributed by atoms with van der Waals surface area (Å²) in [5, 5.41) is 21.0. The van der Waals surface area contributed by atoms with Gasteiger partial charge in [-0.15, -0.1) is 0 Å². The zero-order valence-corrected chi connectivity index (χ0v) is 15.8. The number of hydrogen-bond donors (Lipinski definition) is 2. The summed E-state index contributed by atoms with van der Waals surface area (Å²) in [7, 11) is 0. The standard InChI is InChI=1S/C20H23F2N5O2/c21-19(22)12-26-10-16(9-24-26)14-3-4-15-11-27(25-18(15)7-14)17-5-1-13(2-6-17)8-23-20(28)29/h3-4,7,9-11,13,17,19,23H,1-2,5-6,8,12H2,(H,28,29). The lowest BCUT2D eigenvalue weighted by Crippen LogP contribution is -2.30. The minimum Gasteiger partial charge on any atom is -0.465 e. The average Bonchev–Trinajstić information content (AvgIpc) is 3.32. The lowest BCUT2D eigenvalue weighted by molar-refractivity contribution is 0.122. The van der Waals surface area contributed by atoms with Crippen molar-refractivity contribution in [3.8, 4) is 11.1 Å². The van der Waals surface area contributed by atoms with Gasteiger partial charge in [0.2, 0.25) is 0 Å². The maximum absolute atomic E-state index is 12.5. The number of rotatable bonds is 6. The SMILES string of the molecule is O=C(O)NCC1CCC(n2cc3ccc(-c4cnn(CC(F)F)c4)cc3n2)CC1. The number of nitrogens with zero attached hydrogens (tertiary/aromatic N) is 4. The first-order valence-corrected chi connectivity index (χ1v) is 9.74. The van der Waals surface area contributed by atoms with Crippen LogP contribution < -0.4 is 5.32 Å². The van der Waals surface area contributed by atoms with Crippen molar-refractivity contribution >= 4 is 17.0 Å². The summed E-state index contributed by atoms with van der Waals surface area (Å²) in [6, 6.07) is 6.20. The van der Waals surface area contributed by atoms with Crippen molar-refractivity contribution in [2.75, 3.05) is 6.54 Å². The normalized spacial score (nSPS) is 19.7. The van der Waals surface area contributed by atoms with Crippen LogP contribution >= 0.6 is 0 Å². The fourth-order valence-electron chi connectivity index (χ4n) is 4.00. The van der Waals surface area contributed by atoms with Crippen LogP contribution in [0.1, 0.15) is 31.7 Å². The van der Waals surface area contributed by atoms with Crippen LogP contribution in [0.5, 0.6) is 0 Å². The molecule has 2 heterocycles. The fraction of sp³-hybridized carbons (Fsp3) is 0.450. The molecule has 1 fully saturated rings. The molecule has 3 aromatic rings. The smallest absolute Gasteiger partial charge is 0.404 e. The molecule has 4 rings (SSSR count). The molecule has 1 aromatic carbocycles. The van der Waals surface area contributed by atoms with Crippen LogP contribution in [-0.2, 0) is 6.54 Å². The molecule has 29 heavy (non-hydrogen) atoms. The first-order chi connectivity index (χ1) is 14.0. The van der Waals surface area contributed by atoms with Gasteiger partial charge in [-0.1, -0.05) is 12.1 Å². The van der Waals surface area contributed by atoms with Gasteiger partial charge in [-0.2, -0.15) is 10.2 Å². The highest BCUT2D eigenvalue weighted by molar-refractivity contribution is 5.83. The van der Waals surface area contributed by atoms with E-state index in [-0.39, 0.29) is 0 Å². The van der Waals surface area contributed by atoms with Gasteiger partial charge in [0.05, 0.1) is 17.8 Å². The summed E-state index contributed by atoms with van der Waals surface area (Å²) in [5.74, 6) is 0.378. The lowest BCUT2D eigenvalue weighted by atomic mass is 9.86. The molecule has 1 aliphatic carbocycles. The summed E-state index contributed by atoms with van der Waals surface area (Å²) in [6.07, 6.45) is 5.71. The molecule has 0 unspecified atom stereocenters. The number of carbonyl (C=O) groups is 1. The Morgan fingerprint density at radius 2 is 2.00 bits per heavy atom. The second kappa shape index (κ2) is 8.18. The molecule has 1 aliphatic rings. The van der Waals surface area contributed by atoms with Gasteiger partial charge in [-0.05, 0) is 43.2 Å². The first-order valence-electron chi connectivity index (χ1n) is 9.74. The minimum absolute atomic E-state index is 0.306. The molecule has 2 aromatic heterocycles. The van der Waals surface area contributed by atoms with E-state index in [4.69, 9.17) is 10.2 Å². The first kappa shape index (κ1) is 19.4. The van der Waals surface area contributed by atoms with Crippen LogP contribution in [0, 0.1) is 5.92 Å². The van der Waals surface area contributed by atoms with E-state index < -0.39 is 19.1 Å². The third kappa shape index (κ3) is 4.55. The lowest BCUT2D eigenvalue weighted by Gasteiger charge is -2.28. The van der Waals surface area contributed by atoms with Gasteiger partial charge >= 0.3 is 6.09 Å². The predicted octanol–water partition coefficient (Wildman–Crippen LogP) is 4.16. The van der Waals surface area contributed by atoms with Crippen LogP contribution in [0.15, 0.2) is 36.8 Å². The number of benzene rings is 1. The van der Waals surface area contributed by atoms with Gasteiger partial charge in [0.15, 0.2) is 0 Å². The minimum atomic E-state index is -2.43. The molecule has 0 aliphatic heterocycles. The molecule has 7 nitrogen and oxygen atoms in total. The molecule has 0 atom stereocenters. The van der Waals surface area contributed by atoms with E-state index in [0.717, 1.165) is 47.7 Å². The van der Waals surface area contributed by atoms with Gasteiger partial charge in [0.1, 0.15) is 6.54 Å². The fourth-order valence-corrected chi connectivity index (χ4v) is 4.00. The second-order valence-corrected chi connectivity index (χ2v) is 7.59. The second-order valence-electron chi connectivity index (χ2n) is 7.59. The highest BCUT2D eigenvalue weighted by Crippen LogP contribution is 2.33. The Morgan fingerprint density at radius 3 is 2.72 bits per heavy atom. The van der Waals surface area contributed by atoms with Gasteiger partial charge < -0.3 is 10.4 Å². The molecule has 0 bridgehead atoms. The van der Waals surface area contributed by atoms with Crippen molar-refractivity contribution in [2.24, 2.45) is 5.92 Å². The Hall–Kier alpha value is -2.97. The van der Waals surface area contributed by atoms with E-state index in [0.29, 0.717) is 18.5 Å². The van der Waals surface area contributed by atoms with Gasteiger partial charge in [-0.25, -0.2) is 13.6 Å². The van der Waals surface area contributed by atoms with E-state index in [1.165, 1.54) is 4.68 Å². The number of carboxylic acid groups (broad SMARTS) is 1. The van der Waals surface area contributed by atoms with E-state index in [1.54, 1.807) is 12.4 Å². The Morgan fingerprint density at radius 1 is 1.21 bits per heavy atom. The van der Waals surface area contributed by atoms with Crippen molar-refractivity contribution in [1.82, 2.24) is 24.9 Å². The Balaban J connectivity index is 1.45. The summed E-state index contributed by atoms with van der Waals surface area (Å²) in [4.78, 5) is 10.6. The summed E-state index contributed by atoms with van der Waals surface area (Å²) in [5.41, 5.74) is 2.54. The van der Waals surface area contributed by atoms with Gasteiger partial charge in [0, 0.05) is 29.9 Å². The molecule has 1 amide bonds. The molecule has 0 saturated heterocycles. The molecular formula is C20H23F2N5O2. The third-order valence-corrected chi connectivity index (χ3v) is 5.55. The van der Waals surface area contributed by atoms with Gasteiger partial charge in [-0.3, -0.25) is 9.36 Å². The van der Waals surface area contributed by atoms with E-state index >= 15 is 0 Å². The average molecular weight is 403 g/mol. The van der Waals surface area contributed by atoms with E-state index in [2.05, 4.69) is 10.4 Å². The maximum atomic E-state index is 12.5. The number of alkyl halides is 2. The topological polar surface area (TPSA) is 85.0 Å². The quantitative estimate of drug-likeness (QED) is 0.647. The van der Waals surface area contributed by atoms with Crippen molar-refractivity contribution in [3.05, 3.63) is 36.8 Å². The van der Waals surface area contributed by atoms with Crippen LogP contribution in [-0.4, -0.2) is 43.7 Å². The molecule has 1 saturated carbocycles. The molecule has 9 heteroatoms. The van der Waals surface area contributed by atoms with Crippen LogP contribution in [0.3, 0.4) is 0 Å². The maximum Gasteiger partial charge on any atom is 0.404 e. The van der Waals surface area contributed by atoms with Crippen molar-refractivity contribution in [2.45, 2.75) is 44.7 Å². The van der Waals surface area contributed by atoms with Crippen molar-refractivity contribution < 1.29 is 18.7 Å². The number of aromatic nitrogens is 4. The van der Waals surface area contributed by atoms with Crippen LogP contribution in [0.25, 0.3) is 22.0 Å². The van der Waals surface area contributed by atoms with Crippen LogP contribution in [0.2, 0.25) is 0 Å². The highest BCUT2D eigenvalue weighted by Gasteiger charge is 2.23. The molecule has 0 spiro atoms. The number of nitrogens with one attached hydrogen (secondary N) is 1. The molecular weight excluding hydrogens is 380 g/mol. The van der Waals surface area contributed by atoms with Crippen molar-refractivity contribution in [3.63, 3.8) is 0 Å². The largest absolute Gasteiger partial charge is 0.465 e. The summed E-state index contributed by atoms with van der Waals surface area (Å²) in [6.45, 7) is 0.0905. The Bertz CT molecular complexity index is 992. The highest BCUT2D eigenvalue weighted by atomic mass is 19.3. The van der Waals surface area contributed by atoms with E-state index in [1.807, 2.05) is 29.1 Å². The number of amides is 1. The predicted molar refractivity (Wildman–Crippen MR) is 104 cm³/mol. The number of hydrogen-bond acceptors (Lipinski definition) is 3. The van der Waals surface area contributed by atoms with Gasteiger partial charge in [0.25, 0.3) is 6.43 Å². The third-order valence-electron chi connectivity index (χ3n) is 5.55. The Labute approximate surface area is 166 Å². The van der Waals surface area contributed by atoms with Crippen molar-refractivity contribution in [1.29, 1.82) is 0 Å². The molecule has 154 valence electrons.